The van der Waals surface area contributed by atoms with E-state index >= 15 is 0 Å². The average Bonchev–Trinajstić information content (AvgIpc) is 2.95. The number of hydrogen-bond donors (Lipinski definition) is 1. The molecule has 1 N–H and O–H groups in total. The van der Waals surface area contributed by atoms with Crippen LogP contribution in [0.15, 0.2) is 47.3 Å². The lowest BCUT2D eigenvalue weighted by molar-refractivity contribution is -0.207. The van der Waals surface area contributed by atoms with Crippen molar-refractivity contribution in [1.82, 2.24) is 14.3 Å². The maximum absolute atomic E-state index is 14.2. The van der Waals surface area contributed by atoms with Crippen molar-refractivity contribution < 1.29 is 22.7 Å². The zero-order valence-corrected chi connectivity index (χ0v) is 15.6. The van der Waals surface area contributed by atoms with Crippen LogP contribution in [0.4, 0.5) is 17.6 Å². The molecule has 1 radical (unpaired) electrons. The third-order valence-corrected chi connectivity index (χ3v) is 4.49. The number of rotatable bonds is 5. The Balaban J connectivity index is 2.08. The zero-order valence-electron chi connectivity index (χ0n) is 14.8. The Bertz CT molecular complexity index is 1070. The molecule has 0 unspecified atom stereocenters. The van der Waals surface area contributed by atoms with Crippen molar-refractivity contribution >= 4 is 11.6 Å². The van der Waals surface area contributed by atoms with Crippen molar-refractivity contribution in [2.75, 3.05) is 0 Å². The van der Waals surface area contributed by atoms with Gasteiger partial charge in [-0.3, -0.25) is 4.57 Å². The Labute approximate surface area is 167 Å². The molecule has 10 heteroatoms. The Morgan fingerprint density at radius 2 is 1.83 bits per heavy atom. The van der Waals surface area contributed by atoms with Crippen molar-refractivity contribution in [2.45, 2.75) is 25.4 Å². The van der Waals surface area contributed by atoms with Crippen molar-refractivity contribution in [3.63, 3.8) is 0 Å². The van der Waals surface area contributed by atoms with Crippen molar-refractivity contribution in [3.8, 4) is 11.4 Å². The molecule has 0 aliphatic rings. The van der Waals surface area contributed by atoms with E-state index in [1.165, 1.54) is 42.5 Å². The molecule has 3 rings (SSSR count). The summed E-state index contributed by atoms with van der Waals surface area (Å²) >= 11 is 5.83. The lowest BCUT2D eigenvalue weighted by Gasteiger charge is -2.15. The van der Waals surface area contributed by atoms with Crippen LogP contribution in [0.2, 0.25) is 5.02 Å². The van der Waals surface area contributed by atoms with Gasteiger partial charge in [0.1, 0.15) is 5.82 Å². The number of halogens is 5. The van der Waals surface area contributed by atoms with Gasteiger partial charge >= 0.3 is 11.9 Å². The standard InChI is InChI=1S/C19H15ClF4N3O2/c1-11-3-2-4-13(16(11)21)9-27-18(29)26(10-15(28)19(22,23)24)17(25-27)12-5-7-14(20)8-6-12/h2-8,15,28H,1,9-10H2/t15-/m0/s1. The average molecular weight is 429 g/mol. The summed E-state index contributed by atoms with van der Waals surface area (Å²) in [7, 11) is 0. The van der Waals surface area contributed by atoms with E-state index in [0.29, 0.717) is 15.2 Å². The summed E-state index contributed by atoms with van der Waals surface area (Å²) in [5.74, 6) is -0.751. The molecule has 5 nitrogen and oxygen atoms in total. The molecule has 0 saturated heterocycles. The third-order valence-electron chi connectivity index (χ3n) is 4.24. The van der Waals surface area contributed by atoms with E-state index in [9.17, 15) is 27.5 Å². The van der Waals surface area contributed by atoms with E-state index in [4.69, 9.17) is 11.6 Å². The SMILES string of the molecule is [CH2]c1cccc(Cn2nc(-c3ccc(Cl)cc3)n(C[C@H](O)C(F)(F)F)c2=O)c1F. The first-order valence-electron chi connectivity index (χ1n) is 8.35. The van der Waals surface area contributed by atoms with Crippen LogP contribution < -0.4 is 5.69 Å². The van der Waals surface area contributed by atoms with Gasteiger partial charge < -0.3 is 5.11 Å². The lowest BCUT2D eigenvalue weighted by Crippen LogP contribution is -2.37. The molecule has 3 aromatic rings. The minimum atomic E-state index is -4.92. The van der Waals surface area contributed by atoms with Crippen molar-refractivity contribution in [3.05, 3.63) is 81.8 Å². The van der Waals surface area contributed by atoms with Crippen LogP contribution in [0.5, 0.6) is 0 Å². The second-order valence-electron chi connectivity index (χ2n) is 6.33. The van der Waals surface area contributed by atoms with Crippen LogP contribution in [0.3, 0.4) is 0 Å². The minimum absolute atomic E-state index is 0.100. The molecule has 1 aromatic heterocycles. The number of hydrogen-bond acceptors (Lipinski definition) is 3. The topological polar surface area (TPSA) is 60.1 Å². The molecule has 0 bridgehead atoms. The quantitative estimate of drug-likeness (QED) is 0.631. The molecule has 0 amide bonds. The maximum atomic E-state index is 14.2. The van der Waals surface area contributed by atoms with E-state index < -0.39 is 30.3 Å². The molecule has 1 heterocycles. The van der Waals surface area contributed by atoms with Gasteiger partial charge in [0, 0.05) is 16.1 Å². The first kappa shape index (κ1) is 21.1. The molecular formula is C19H15ClF4N3O2. The van der Waals surface area contributed by atoms with E-state index in [1.54, 1.807) is 0 Å². The van der Waals surface area contributed by atoms with Crippen molar-refractivity contribution in [1.29, 1.82) is 0 Å². The zero-order chi connectivity index (χ0) is 21.3. The van der Waals surface area contributed by atoms with E-state index in [0.717, 1.165) is 4.68 Å². The second kappa shape index (κ2) is 8.00. The second-order valence-corrected chi connectivity index (χ2v) is 6.77. The molecule has 153 valence electrons. The highest BCUT2D eigenvalue weighted by Crippen LogP contribution is 2.24. The van der Waals surface area contributed by atoms with Crippen LogP contribution in [-0.4, -0.2) is 31.7 Å². The van der Waals surface area contributed by atoms with Gasteiger partial charge in [0.2, 0.25) is 0 Å². The third kappa shape index (κ3) is 4.51. The largest absolute Gasteiger partial charge is 0.416 e. The van der Waals surface area contributed by atoms with Crippen LogP contribution in [0.1, 0.15) is 11.1 Å². The fraction of sp³-hybridized carbons (Fsp3) is 0.211. The molecule has 0 spiro atoms. The van der Waals surface area contributed by atoms with Gasteiger partial charge in [0.15, 0.2) is 11.9 Å². The highest BCUT2D eigenvalue weighted by Gasteiger charge is 2.39. The van der Waals surface area contributed by atoms with E-state index in [1.807, 2.05) is 0 Å². The van der Waals surface area contributed by atoms with Crippen molar-refractivity contribution in [2.24, 2.45) is 0 Å². The van der Waals surface area contributed by atoms with Crippen LogP contribution >= 0.6 is 11.6 Å². The van der Waals surface area contributed by atoms with Gasteiger partial charge in [-0.2, -0.15) is 13.2 Å². The van der Waals surface area contributed by atoms with Gasteiger partial charge in [-0.15, -0.1) is 5.10 Å². The van der Waals surface area contributed by atoms with Gasteiger partial charge in [-0.25, -0.2) is 13.9 Å². The minimum Gasteiger partial charge on any atom is -0.382 e. The summed E-state index contributed by atoms with van der Waals surface area (Å²) in [4.78, 5) is 12.7. The number of aliphatic hydroxyl groups is 1. The van der Waals surface area contributed by atoms with Gasteiger partial charge in [-0.05, 0) is 36.8 Å². The summed E-state index contributed by atoms with van der Waals surface area (Å²) < 4.78 is 54.3. The Kier molecular flexibility index (Phi) is 5.81. The summed E-state index contributed by atoms with van der Waals surface area (Å²) in [5.41, 5.74) is -0.401. The number of nitrogens with zero attached hydrogens (tertiary/aromatic N) is 3. The molecular weight excluding hydrogens is 414 g/mol. The molecule has 1 atom stereocenters. The molecule has 2 aromatic carbocycles. The van der Waals surface area contributed by atoms with Gasteiger partial charge in [-0.1, -0.05) is 29.8 Å². The number of aromatic nitrogens is 3. The molecule has 0 aliphatic carbocycles. The Morgan fingerprint density at radius 1 is 1.17 bits per heavy atom. The molecule has 0 fully saturated rings. The predicted molar refractivity (Wildman–Crippen MR) is 99.0 cm³/mol. The van der Waals surface area contributed by atoms with E-state index in [-0.39, 0.29) is 23.5 Å². The highest BCUT2D eigenvalue weighted by atomic mass is 35.5. The Morgan fingerprint density at radius 3 is 2.45 bits per heavy atom. The maximum Gasteiger partial charge on any atom is 0.416 e. The predicted octanol–water partition coefficient (Wildman–Crippen LogP) is 3.66. The Hall–Kier alpha value is -2.65. The lowest BCUT2D eigenvalue weighted by atomic mass is 10.1. The van der Waals surface area contributed by atoms with Crippen LogP contribution in [-0.2, 0) is 13.1 Å². The van der Waals surface area contributed by atoms with Gasteiger partial charge in [0.05, 0.1) is 13.1 Å². The van der Waals surface area contributed by atoms with Gasteiger partial charge in [0.25, 0.3) is 0 Å². The smallest absolute Gasteiger partial charge is 0.382 e. The fourth-order valence-corrected chi connectivity index (χ4v) is 2.84. The summed E-state index contributed by atoms with van der Waals surface area (Å²) in [6.45, 7) is 2.16. The molecule has 0 aliphatic heterocycles. The van der Waals surface area contributed by atoms with E-state index in [2.05, 4.69) is 12.0 Å². The number of benzene rings is 2. The number of aliphatic hydroxyl groups excluding tert-OH is 1. The van der Waals surface area contributed by atoms with Crippen LogP contribution in [0, 0.1) is 12.7 Å². The first-order valence-corrected chi connectivity index (χ1v) is 8.73. The summed E-state index contributed by atoms with van der Waals surface area (Å²) in [5, 5.41) is 13.9. The first-order chi connectivity index (χ1) is 13.6. The summed E-state index contributed by atoms with van der Waals surface area (Å²) in [6, 6.07) is 10.3. The molecule has 29 heavy (non-hydrogen) atoms. The highest BCUT2D eigenvalue weighted by molar-refractivity contribution is 6.30. The summed E-state index contributed by atoms with van der Waals surface area (Å²) in [6.07, 6.45) is -7.70. The number of alkyl halides is 3. The molecule has 0 saturated carbocycles. The monoisotopic (exact) mass is 428 g/mol. The van der Waals surface area contributed by atoms with Crippen LogP contribution in [0.25, 0.3) is 11.4 Å². The fourth-order valence-electron chi connectivity index (χ4n) is 2.71. The normalized spacial score (nSPS) is 12.9.